The van der Waals surface area contributed by atoms with Crippen LogP contribution < -0.4 is 10.6 Å². The van der Waals surface area contributed by atoms with E-state index in [2.05, 4.69) is 25.6 Å². The summed E-state index contributed by atoms with van der Waals surface area (Å²) in [6.45, 7) is 2.18. The Hall–Kier alpha value is -2.30. The molecule has 4 N–H and O–H groups in total. The number of amides is 1. The Labute approximate surface area is 156 Å². The van der Waals surface area contributed by atoms with E-state index in [0.29, 0.717) is 29.6 Å². The summed E-state index contributed by atoms with van der Waals surface area (Å²) in [5, 5.41) is 26.6. The van der Waals surface area contributed by atoms with Crippen LogP contribution in [-0.2, 0) is 9.53 Å². The third-order valence-corrected chi connectivity index (χ3v) is 5.18. The Morgan fingerprint density at radius 1 is 1.26 bits per heavy atom. The summed E-state index contributed by atoms with van der Waals surface area (Å²) in [5.74, 6) is 0.174. The zero-order chi connectivity index (χ0) is 19.0. The molecule has 2 aromatic rings. The monoisotopic (exact) mass is 376 g/mol. The highest BCUT2D eigenvalue weighted by Gasteiger charge is 2.47. The number of ether oxygens (including phenoxy) is 1. The van der Waals surface area contributed by atoms with Crippen LogP contribution in [0.3, 0.4) is 0 Å². The maximum absolute atomic E-state index is 12.1. The molecule has 2 fully saturated rings. The van der Waals surface area contributed by atoms with Crippen LogP contribution in [0.1, 0.15) is 38.8 Å². The first kappa shape index (κ1) is 18.1. The van der Waals surface area contributed by atoms with Crippen molar-refractivity contribution in [1.82, 2.24) is 24.8 Å². The minimum absolute atomic E-state index is 0.366. The van der Waals surface area contributed by atoms with Gasteiger partial charge in [0.2, 0.25) is 0 Å². The summed E-state index contributed by atoms with van der Waals surface area (Å²) < 4.78 is 7.19. The van der Waals surface area contributed by atoms with E-state index in [9.17, 15) is 15.0 Å². The van der Waals surface area contributed by atoms with E-state index in [0.717, 1.165) is 12.8 Å². The predicted octanol–water partition coefficient (Wildman–Crippen LogP) is -0.0639. The molecule has 4 unspecified atom stereocenters. The molecule has 1 aliphatic carbocycles. The fourth-order valence-corrected chi connectivity index (χ4v) is 3.79. The lowest BCUT2D eigenvalue weighted by molar-refractivity contribution is -0.137. The van der Waals surface area contributed by atoms with Crippen molar-refractivity contribution in [1.29, 1.82) is 0 Å². The molecule has 0 spiro atoms. The van der Waals surface area contributed by atoms with Crippen LogP contribution in [0.15, 0.2) is 12.7 Å². The lowest BCUT2D eigenvalue weighted by Crippen LogP contribution is -2.42. The molecular formula is C17H24N6O4. The summed E-state index contributed by atoms with van der Waals surface area (Å²) >= 11 is 0. The fourth-order valence-electron chi connectivity index (χ4n) is 3.79. The summed E-state index contributed by atoms with van der Waals surface area (Å²) in [6, 6.07) is 0.366. The predicted molar refractivity (Wildman–Crippen MR) is 95.8 cm³/mol. The van der Waals surface area contributed by atoms with E-state index in [1.807, 2.05) is 0 Å². The number of hydrogen-bond acceptors (Lipinski definition) is 8. The molecule has 4 rings (SSSR count). The second kappa shape index (κ2) is 7.37. The number of anilines is 1. The molecule has 146 valence electrons. The number of nitrogens with zero attached hydrogens (tertiary/aromatic N) is 4. The van der Waals surface area contributed by atoms with E-state index < -0.39 is 30.4 Å². The molecule has 1 amide bonds. The number of aromatic nitrogens is 4. The van der Waals surface area contributed by atoms with E-state index in [-0.39, 0.29) is 0 Å². The maximum Gasteiger partial charge on any atom is 0.252 e. The number of carbonyl (C=O) groups is 1. The van der Waals surface area contributed by atoms with Crippen LogP contribution in [0.2, 0.25) is 0 Å². The molecule has 0 radical (unpaired) electrons. The molecule has 1 saturated carbocycles. The number of imidazole rings is 1. The third kappa shape index (κ3) is 3.24. The molecule has 10 heteroatoms. The van der Waals surface area contributed by atoms with Gasteiger partial charge in [0.15, 0.2) is 29.3 Å². The standard InChI is InChI=1S/C17H24N6O4/c1-2-18-16(26)13-11(24)12(25)17(27-13)23-8-21-10-14(19-7-20-15(10)23)22-9-5-3-4-6-9/h7-9,11-13,17,24-25H,2-6H2,1H3,(H,18,26)(H,19,20,22). The highest BCUT2D eigenvalue weighted by Crippen LogP contribution is 2.33. The number of fused-ring (bicyclic) bond motifs is 1. The summed E-state index contributed by atoms with van der Waals surface area (Å²) in [6.07, 6.45) is 2.76. The molecule has 2 aromatic heterocycles. The van der Waals surface area contributed by atoms with Crippen molar-refractivity contribution in [3.05, 3.63) is 12.7 Å². The second-order valence-corrected chi connectivity index (χ2v) is 7.00. The molecule has 3 heterocycles. The number of aliphatic hydroxyl groups excluding tert-OH is 2. The quantitative estimate of drug-likeness (QED) is 0.570. The van der Waals surface area contributed by atoms with E-state index >= 15 is 0 Å². The summed E-state index contributed by atoms with van der Waals surface area (Å²) in [4.78, 5) is 25.0. The molecule has 0 bridgehead atoms. The van der Waals surface area contributed by atoms with Crippen LogP contribution in [0.5, 0.6) is 0 Å². The van der Waals surface area contributed by atoms with Crippen molar-refractivity contribution in [2.75, 3.05) is 11.9 Å². The first-order valence-corrected chi connectivity index (χ1v) is 9.33. The molecular weight excluding hydrogens is 352 g/mol. The summed E-state index contributed by atoms with van der Waals surface area (Å²) in [7, 11) is 0. The van der Waals surface area contributed by atoms with Crippen LogP contribution in [0.4, 0.5) is 5.82 Å². The average molecular weight is 376 g/mol. The average Bonchev–Trinajstić information content (AvgIpc) is 3.37. The van der Waals surface area contributed by atoms with Gasteiger partial charge in [0.1, 0.15) is 18.5 Å². The van der Waals surface area contributed by atoms with Crippen molar-refractivity contribution in [3.8, 4) is 0 Å². The number of aliphatic hydroxyl groups is 2. The zero-order valence-electron chi connectivity index (χ0n) is 15.1. The van der Waals surface area contributed by atoms with Gasteiger partial charge in [-0.1, -0.05) is 12.8 Å². The van der Waals surface area contributed by atoms with Crippen LogP contribution in [0.25, 0.3) is 11.2 Å². The van der Waals surface area contributed by atoms with Gasteiger partial charge in [0.25, 0.3) is 5.91 Å². The van der Waals surface area contributed by atoms with Gasteiger partial charge in [0.05, 0.1) is 6.33 Å². The number of carbonyl (C=O) groups excluding carboxylic acids is 1. The second-order valence-electron chi connectivity index (χ2n) is 7.00. The Morgan fingerprint density at radius 2 is 2.04 bits per heavy atom. The Morgan fingerprint density at radius 3 is 2.78 bits per heavy atom. The smallest absolute Gasteiger partial charge is 0.252 e. The van der Waals surface area contributed by atoms with Gasteiger partial charge >= 0.3 is 0 Å². The first-order valence-electron chi connectivity index (χ1n) is 9.33. The van der Waals surface area contributed by atoms with Crippen molar-refractivity contribution >= 4 is 22.9 Å². The van der Waals surface area contributed by atoms with Crippen LogP contribution in [-0.4, -0.2) is 66.5 Å². The van der Waals surface area contributed by atoms with Gasteiger partial charge in [-0.05, 0) is 19.8 Å². The minimum atomic E-state index is -1.34. The normalized spacial score (nSPS) is 28.7. The highest BCUT2D eigenvalue weighted by molar-refractivity contribution is 5.83. The number of rotatable bonds is 5. The largest absolute Gasteiger partial charge is 0.387 e. The van der Waals surface area contributed by atoms with Gasteiger partial charge in [0, 0.05) is 12.6 Å². The highest BCUT2D eigenvalue weighted by atomic mass is 16.6. The van der Waals surface area contributed by atoms with E-state index in [1.54, 1.807) is 6.92 Å². The molecule has 27 heavy (non-hydrogen) atoms. The van der Waals surface area contributed by atoms with Gasteiger partial charge in [-0.15, -0.1) is 0 Å². The topological polar surface area (TPSA) is 134 Å². The van der Waals surface area contributed by atoms with Gasteiger partial charge in [-0.3, -0.25) is 9.36 Å². The molecule has 4 atom stereocenters. The fraction of sp³-hybridized carbons (Fsp3) is 0.647. The minimum Gasteiger partial charge on any atom is -0.387 e. The van der Waals surface area contributed by atoms with E-state index in [4.69, 9.17) is 4.74 Å². The molecule has 1 aliphatic heterocycles. The third-order valence-electron chi connectivity index (χ3n) is 5.18. The van der Waals surface area contributed by atoms with Crippen molar-refractivity contribution in [3.63, 3.8) is 0 Å². The Balaban J connectivity index is 1.61. The Kier molecular flexibility index (Phi) is 4.94. The molecule has 0 aromatic carbocycles. The van der Waals surface area contributed by atoms with Crippen LogP contribution >= 0.6 is 0 Å². The summed E-state index contributed by atoms with van der Waals surface area (Å²) in [5.41, 5.74) is 1.04. The Bertz CT molecular complexity index is 821. The van der Waals surface area contributed by atoms with Gasteiger partial charge < -0.3 is 25.6 Å². The van der Waals surface area contributed by atoms with E-state index in [1.165, 1.54) is 30.1 Å². The van der Waals surface area contributed by atoms with Crippen molar-refractivity contribution < 1.29 is 19.7 Å². The lowest BCUT2D eigenvalue weighted by Gasteiger charge is -2.17. The van der Waals surface area contributed by atoms with Crippen molar-refractivity contribution in [2.24, 2.45) is 0 Å². The maximum atomic E-state index is 12.1. The SMILES string of the molecule is CCNC(=O)C1OC(n2cnc3c(NC4CCCC4)ncnc32)C(O)C1O. The van der Waals surface area contributed by atoms with Crippen LogP contribution in [0, 0.1) is 0 Å². The van der Waals surface area contributed by atoms with Gasteiger partial charge in [-0.25, -0.2) is 15.0 Å². The lowest BCUT2D eigenvalue weighted by atomic mass is 10.1. The number of likely N-dealkylation sites (N-methyl/N-ethyl adjacent to an activating group) is 1. The van der Waals surface area contributed by atoms with Gasteiger partial charge in [-0.2, -0.15) is 0 Å². The zero-order valence-corrected chi connectivity index (χ0v) is 15.1. The number of hydrogen-bond donors (Lipinski definition) is 4. The first-order chi connectivity index (χ1) is 13.1. The molecule has 2 aliphatic rings. The number of nitrogens with one attached hydrogen (secondary N) is 2. The molecule has 1 saturated heterocycles. The molecule has 10 nitrogen and oxygen atoms in total. The van der Waals surface area contributed by atoms with Crippen molar-refractivity contribution in [2.45, 2.75) is 63.2 Å².